The number of thioether (sulfide) groups is 1. The molecule has 2 atom stereocenters. The van der Waals surface area contributed by atoms with E-state index < -0.39 is 0 Å². The number of carbonyl (C=O) groups is 1. The van der Waals surface area contributed by atoms with Gasteiger partial charge < -0.3 is 11.1 Å². The summed E-state index contributed by atoms with van der Waals surface area (Å²) in [6.07, 6.45) is 1.58. The third-order valence-electron chi connectivity index (χ3n) is 2.20. The Bertz CT molecular complexity index is 227. The van der Waals surface area contributed by atoms with Crippen molar-refractivity contribution in [2.75, 3.05) is 11.5 Å². The van der Waals surface area contributed by atoms with Crippen molar-refractivity contribution in [3.05, 3.63) is 0 Å². The van der Waals surface area contributed by atoms with Gasteiger partial charge in [0.1, 0.15) is 0 Å². The molecule has 2 unspecified atom stereocenters. The Labute approximate surface area is 94.2 Å². The minimum atomic E-state index is 0.0607. The lowest BCUT2D eigenvalue weighted by atomic mass is 10.1. The molecule has 0 aromatic heterocycles. The highest BCUT2D eigenvalue weighted by molar-refractivity contribution is 7.99. The molecule has 1 heterocycles. The second-order valence-electron chi connectivity index (χ2n) is 3.64. The molecule has 1 fully saturated rings. The van der Waals surface area contributed by atoms with Crippen molar-refractivity contribution in [1.82, 2.24) is 5.32 Å². The summed E-state index contributed by atoms with van der Waals surface area (Å²) in [6.45, 7) is 1.93. The topological polar surface area (TPSA) is 55.1 Å². The van der Waals surface area contributed by atoms with E-state index in [1.807, 2.05) is 18.7 Å². The molecule has 0 bridgehead atoms. The van der Waals surface area contributed by atoms with Crippen molar-refractivity contribution in [2.45, 2.75) is 25.8 Å². The van der Waals surface area contributed by atoms with Crippen molar-refractivity contribution >= 4 is 34.9 Å². The standard InChI is InChI=1S/C9H16N2OS2/c1-6(4-8(10)13)11-9(12)7-2-3-14-5-7/h6-7H,2-5H2,1H3,(H2,10,13)(H,11,12). The largest absolute Gasteiger partial charge is 0.393 e. The summed E-state index contributed by atoms with van der Waals surface area (Å²) in [4.78, 5) is 12.1. The summed E-state index contributed by atoms with van der Waals surface area (Å²) in [5, 5.41) is 2.93. The molecule has 0 radical (unpaired) electrons. The predicted octanol–water partition coefficient (Wildman–Crippen LogP) is 0.920. The molecule has 5 heteroatoms. The van der Waals surface area contributed by atoms with Crippen LogP contribution < -0.4 is 11.1 Å². The van der Waals surface area contributed by atoms with Crippen molar-refractivity contribution in [3.8, 4) is 0 Å². The Morgan fingerprint density at radius 1 is 1.79 bits per heavy atom. The number of thiocarbonyl (C=S) groups is 1. The maximum Gasteiger partial charge on any atom is 0.224 e. The molecule has 3 nitrogen and oxygen atoms in total. The second kappa shape index (κ2) is 5.56. The number of nitrogens with two attached hydrogens (primary N) is 1. The highest BCUT2D eigenvalue weighted by Crippen LogP contribution is 2.23. The Morgan fingerprint density at radius 2 is 2.50 bits per heavy atom. The Hall–Kier alpha value is -0.290. The van der Waals surface area contributed by atoms with Crippen LogP contribution in [0.15, 0.2) is 0 Å². The van der Waals surface area contributed by atoms with Gasteiger partial charge in [-0.3, -0.25) is 4.79 Å². The van der Waals surface area contributed by atoms with Crippen LogP contribution in [0, 0.1) is 5.92 Å². The van der Waals surface area contributed by atoms with E-state index in [-0.39, 0.29) is 17.9 Å². The summed E-state index contributed by atoms with van der Waals surface area (Å²) in [5.74, 6) is 2.39. The van der Waals surface area contributed by atoms with Gasteiger partial charge >= 0.3 is 0 Å². The van der Waals surface area contributed by atoms with E-state index in [2.05, 4.69) is 5.32 Å². The van der Waals surface area contributed by atoms with E-state index in [9.17, 15) is 4.79 Å². The average molecular weight is 232 g/mol. The number of hydrogen-bond donors (Lipinski definition) is 2. The number of carbonyl (C=O) groups excluding carboxylic acids is 1. The van der Waals surface area contributed by atoms with Crippen LogP contribution in [0.25, 0.3) is 0 Å². The van der Waals surface area contributed by atoms with E-state index >= 15 is 0 Å². The van der Waals surface area contributed by atoms with Crippen LogP contribution in [0.2, 0.25) is 0 Å². The van der Waals surface area contributed by atoms with Gasteiger partial charge in [0, 0.05) is 24.1 Å². The predicted molar refractivity (Wildman–Crippen MR) is 64.4 cm³/mol. The van der Waals surface area contributed by atoms with E-state index in [1.54, 1.807) is 0 Å². The highest BCUT2D eigenvalue weighted by Gasteiger charge is 2.23. The molecule has 0 spiro atoms. The minimum absolute atomic E-state index is 0.0607. The third-order valence-corrected chi connectivity index (χ3v) is 3.53. The van der Waals surface area contributed by atoms with E-state index in [0.29, 0.717) is 11.4 Å². The van der Waals surface area contributed by atoms with Gasteiger partial charge in [-0.15, -0.1) is 0 Å². The molecule has 0 saturated carbocycles. The molecule has 1 aliphatic rings. The number of hydrogen-bond acceptors (Lipinski definition) is 3. The molecule has 1 aliphatic heterocycles. The number of nitrogens with one attached hydrogen (secondary N) is 1. The molecule has 80 valence electrons. The number of amides is 1. The summed E-state index contributed by atoms with van der Waals surface area (Å²) >= 11 is 6.62. The lowest BCUT2D eigenvalue weighted by Gasteiger charge is -2.15. The highest BCUT2D eigenvalue weighted by atomic mass is 32.2. The van der Waals surface area contributed by atoms with Crippen LogP contribution in [0.4, 0.5) is 0 Å². The summed E-state index contributed by atoms with van der Waals surface area (Å²) in [5.41, 5.74) is 5.40. The van der Waals surface area contributed by atoms with Crippen molar-refractivity contribution in [2.24, 2.45) is 11.7 Å². The first-order chi connectivity index (χ1) is 6.59. The van der Waals surface area contributed by atoms with E-state index in [4.69, 9.17) is 18.0 Å². The number of rotatable bonds is 4. The molecule has 1 rings (SSSR count). The van der Waals surface area contributed by atoms with Crippen LogP contribution in [0.5, 0.6) is 0 Å². The Balaban J connectivity index is 2.28. The van der Waals surface area contributed by atoms with Gasteiger partial charge in [0.2, 0.25) is 5.91 Å². The van der Waals surface area contributed by atoms with Crippen molar-refractivity contribution < 1.29 is 4.79 Å². The summed E-state index contributed by atoms with van der Waals surface area (Å²) < 4.78 is 0. The fraction of sp³-hybridized carbons (Fsp3) is 0.778. The van der Waals surface area contributed by atoms with Crippen LogP contribution in [-0.4, -0.2) is 28.4 Å². The first kappa shape index (κ1) is 11.8. The second-order valence-corrected chi connectivity index (χ2v) is 5.31. The minimum Gasteiger partial charge on any atom is -0.393 e. The van der Waals surface area contributed by atoms with Crippen LogP contribution in [-0.2, 0) is 4.79 Å². The van der Waals surface area contributed by atoms with Gasteiger partial charge in [-0.05, 0) is 19.1 Å². The molecule has 0 aliphatic carbocycles. The molecular weight excluding hydrogens is 216 g/mol. The molecular formula is C9H16N2OS2. The SMILES string of the molecule is CC(CC(N)=S)NC(=O)C1CCSC1. The zero-order chi connectivity index (χ0) is 10.6. The first-order valence-electron chi connectivity index (χ1n) is 4.76. The lowest BCUT2D eigenvalue weighted by Crippen LogP contribution is -2.39. The smallest absolute Gasteiger partial charge is 0.224 e. The zero-order valence-corrected chi connectivity index (χ0v) is 9.92. The lowest BCUT2D eigenvalue weighted by molar-refractivity contribution is -0.124. The Kier molecular flexibility index (Phi) is 4.68. The molecule has 0 aromatic rings. The molecule has 1 amide bonds. The van der Waals surface area contributed by atoms with Crippen LogP contribution >= 0.6 is 24.0 Å². The maximum absolute atomic E-state index is 11.6. The van der Waals surface area contributed by atoms with Crippen molar-refractivity contribution in [3.63, 3.8) is 0 Å². The fourth-order valence-corrected chi connectivity index (χ4v) is 2.93. The normalized spacial score (nSPS) is 23.1. The summed E-state index contributed by atoms with van der Waals surface area (Å²) in [6, 6.07) is 0.0607. The van der Waals surface area contributed by atoms with Gasteiger partial charge in [-0.1, -0.05) is 12.2 Å². The summed E-state index contributed by atoms with van der Waals surface area (Å²) in [7, 11) is 0. The van der Waals surface area contributed by atoms with E-state index in [0.717, 1.165) is 17.9 Å². The fourth-order valence-electron chi connectivity index (χ4n) is 1.45. The first-order valence-corrected chi connectivity index (χ1v) is 6.32. The van der Waals surface area contributed by atoms with Gasteiger partial charge in [0.15, 0.2) is 0 Å². The third kappa shape index (κ3) is 3.84. The van der Waals surface area contributed by atoms with Gasteiger partial charge in [0.05, 0.1) is 4.99 Å². The molecule has 1 saturated heterocycles. The van der Waals surface area contributed by atoms with Crippen LogP contribution in [0.1, 0.15) is 19.8 Å². The zero-order valence-electron chi connectivity index (χ0n) is 8.29. The van der Waals surface area contributed by atoms with Gasteiger partial charge in [0.25, 0.3) is 0 Å². The molecule has 3 N–H and O–H groups in total. The maximum atomic E-state index is 11.6. The monoisotopic (exact) mass is 232 g/mol. The van der Waals surface area contributed by atoms with Crippen molar-refractivity contribution in [1.29, 1.82) is 0 Å². The average Bonchev–Trinajstić information content (AvgIpc) is 2.53. The quantitative estimate of drug-likeness (QED) is 0.708. The van der Waals surface area contributed by atoms with Gasteiger partial charge in [-0.25, -0.2) is 0 Å². The van der Waals surface area contributed by atoms with Gasteiger partial charge in [-0.2, -0.15) is 11.8 Å². The van der Waals surface area contributed by atoms with E-state index in [1.165, 1.54) is 0 Å². The molecule has 0 aromatic carbocycles. The molecule has 14 heavy (non-hydrogen) atoms. The van der Waals surface area contributed by atoms with Crippen LogP contribution in [0.3, 0.4) is 0 Å². The Morgan fingerprint density at radius 3 is 3.00 bits per heavy atom.